The summed E-state index contributed by atoms with van der Waals surface area (Å²) in [6, 6.07) is 5.96. The van der Waals surface area contributed by atoms with E-state index in [0.717, 1.165) is 37.0 Å². The number of fused-ring (bicyclic) bond motifs is 1. The number of aryl methyl sites for hydroxylation is 3. The van der Waals surface area contributed by atoms with Gasteiger partial charge in [0.15, 0.2) is 11.0 Å². The first-order valence-electron chi connectivity index (χ1n) is 12.1. The Hall–Kier alpha value is -2.85. The van der Waals surface area contributed by atoms with Crippen LogP contribution in [-0.4, -0.2) is 38.5 Å². The number of esters is 1. The van der Waals surface area contributed by atoms with Gasteiger partial charge < -0.3 is 19.4 Å². The van der Waals surface area contributed by atoms with E-state index >= 15 is 0 Å². The lowest BCUT2D eigenvalue weighted by Crippen LogP contribution is -2.19. The molecule has 0 atom stereocenters. The minimum Gasteiger partial charge on any atom is -0.486 e. The molecule has 1 amide bonds. The molecule has 10 heteroatoms. The number of nitrogens with zero attached hydrogens (tertiary/aromatic N) is 3. The molecule has 1 aromatic carbocycles. The van der Waals surface area contributed by atoms with Crippen LogP contribution in [0.25, 0.3) is 0 Å². The van der Waals surface area contributed by atoms with E-state index in [1.165, 1.54) is 39.1 Å². The van der Waals surface area contributed by atoms with Crippen molar-refractivity contribution in [1.82, 2.24) is 14.8 Å². The average Bonchev–Trinajstić information content (AvgIpc) is 3.37. The maximum atomic E-state index is 12.8. The third-order valence-corrected chi connectivity index (χ3v) is 8.30. The van der Waals surface area contributed by atoms with E-state index in [0.29, 0.717) is 21.5 Å². The Morgan fingerprint density at radius 2 is 1.94 bits per heavy atom. The van der Waals surface area contributed by atoms with Crippen LogP contribution in [0.1, 0.15) is 64.4 Å². The van der Waals surface area contributed by atoms with Gasteiger partial charge in [-0.3, -0.25) is 4.79 Å². The minimum atomic E-state index is -0.367. The molecule has 8 nitrogen and oxygen atoms in total. The third kappa shape index (κ3) is 6.10. The predicted octanol–water partition coefficient (Wildman–Crippen LogP) is 5.25. The van der Waals surface area contributed by atoms with E-state index in [1.807, 2.05) is 50.6 Å². The SMILES string of the molecule is Cc1ccc(OCc2nnc(SCC(=O)Nc3sc4c(c3C(=O)OC(C)C)CCCC4)n2C)cc1C. The zero-order chi connectivity index (χ0) is 25.8. The summed E-state index contributed by atoms with van der Waals surface area (Å²) in [6.45, 7) is 8.04. The van der Waals surface area contributed by atoms with Crippen LogP contribution in [0, 0.1) is 13.8 Å². The van der Waals surface area contributed by atoms with Crippen LogP contribution >= 0.6 is 23.1 Å². The van der Waals surface area contributed by atoms with Crippen molar-refractivity contribution in [3.63, 3.8) is 0 Å². The fourth-order valence-corrected chi connectivity index (χ4v) is 6.01. The topological polar surface area (TPSA) is 95.3 Å². The third-order valence-electron chi connectivity index (χ3n) is 6.07. The fourth-order valence-electron chi connectivity index (χ4n) is 3.98. The first-order valence-corrected chi connectivity index (χ1v) is 13.9. The number of hydrogen-bond donors (Lipinski definition) is 1. The Kier molecular flexibility index (Phi) is 8.35. The predicted molar refractivity (Wildman–Crippen MR) is 142 cm³/mol. The Balaban J connectivity index is 1.38. The Morgan fingerprint density at radius 1 is 1.17 bits per heavy atom. The molecule has 0 bridgehead atoms. The number of carbonyl (C=O) groups is 2. The summed E-state index contributed by atoms with van der Waals surface area (Å²) in [5.74, 6) is 1.02. The highest BCUT2D eigenvalue weighted by molar-refractivity contribution is 7.99. The number of thioether (sulfide) groups is 1. The molecular formula is C26H32N4O4S2. The van der Waals surface area contributed by atoms with Gasteiger partial charge in [0.1, 0.15) is 17.4 Å². The zero-order valence-corrected chi connectivity index (χ0v) is 23.0. The van der Waals surface area contributed by atoms with Crippen LogP contribution in [-0.2, 0) is 36.0 Å². The number of aromatic nitrogens is 3. The zero-order valence-electron chi connectivity index (χ0n) is 21.3. The molecule has 0 fully saturated rings. The van der Waals surface area contributed by atoms with E-state index in [1.54, 1.807) is 0 Å². The van der Waals surface area contributed by atoms with Crippen molar-refractivity contribution in [2.24, 2.45) is 7.05 Å². The molecule has 36 heavy (non-hydrogen) atoms. The summed E-state index contributed by atoms with van der Waals surface area (Å²) >= 11 is 2.78. The molecule has 1 aliphatic rings. The van der Waals surface area contributed by atoms with E-state index in [2.05, 4.69) is 22.4 Å². The van der Waals surface area contributed by atoms with E-state index in [4.69, 9.17) is 9.47 Å². The van der Waals surface area contributed by atoms with Gasteiger partial charge in [0.05, 0.1) is 17.4 Å². The van der Waals surface area contributed by atoms with Crippen LogP contribution in [0.3, 0.4) is 0 Å². The highest BCUT2D eigenvalue weighted by Crippen LogP contribution is 2.39. The van der Waals surface area contributed by atoms with Gasteiger partial charge in [0.2, 0.25) is 5.91 Å². The normalized spacial score (nSPS) is 12.9. The molecule has 1 aliphatic carbocycles. The lowest BCUT2D eigenvalue weighted by molar-refractivity contribution is -0.113. The summed E-state index contributed by atoms with van der Waals surface area (Å²) in [7, 11) is 1.85. The maximum Gasteiger partial charge on any atom is 0.341 e. The second-order valence-corrected chi connectivity index (χ2v) is 11.2. The van der Waals surface area contributed by atoms with Crippen LogP contribution in [0.4, 0.5) is 5.00 Å². The van der Waals surface area contributed by atoms with Crippen molar-refractivity contribution in [2.45, 2.75) is 71.2 Å². The quantitative estimate of drug-likeness (QED) is 0.299. The highest BCUT2D eigenvalue weighted by Gasteiger charge is 2.28. The standard InChI is InChI=1S/C26H32N4O4S2/c1-15(2)34-25(32)23-19-8-6-7-9-20(19)36-24(23)27-22(31)14-35-26-29-28-21(30(26)5)13-33-18-11-10-16(3)17(4)12-18/h10-12,15H,6-9,13-14H2,1-5H3,(H,27,31). The second kappa shape index (κ2) is 11.5. The van der Waals surface area contributed by atoms with E-state index < -0.39 is 0 Å². The molecule has 4 rings (SSSR count). The number of carbonyl (C=O) groups excluding carboxylic acids is 2. The van der Waals surface area contributed by atoms with E-state index in [-0.39, 0.29) is 30.3 Å². The van der Waals surface area contributed by atoms with Crippen LogP contribution < -0.4 is 10.1 Å². The van der Waals surface area contributed by atoms with Gasteiger partial charge in [-0.2, -0.15) is 0 Å². The van der Waals surface area contributed by atoms with Gasteiger partial charge in [0.25, 0.3) is 0 Å². The summed E-state index contributed by atoms with van der Waals surface area (Å²) < 4.78 is 13.2. The lowest BCUT2D eigenvalue weighted by atomic mass is 9.95. The van der Waals surface area contributed by atoms with Gasteiger partial charge >= 0.3 is 5.97 Å². The van der Waals surface area contributed by atoms with Gasteiger partial charge in [-0.1, -0.05) is 17.8 Å². The number of rotatable bonds is 9. The van der Waals surface area contributed by atoms with Crippen molar-refractivity contribution in [2.75, 3.05) is 11.1 Å². The molecule has 3 aromatic rings. The van der Waals surface area contributed by atoms with Crippen molar-refractivity contribution in [3.8, 4) is 5.75 Å². The minimum absolute atomic E-state index is 0.144. The fraction of sp³-hybridized carbons (Fsp3) is 0.462. The molecule has 0 unspecified atom stereocenters. The van der Waals surface area contributed by atoms with Gasteiger partial charge in [-0.25, -0.2) is 4.79 Å². The molecule has 2 aromatic heterocycles. The van der Waals surface area contributed by atoms with Crippen molar-refractivity contribution >= 4 is 40.0 Å². The highest BCUT2D eigenvalue weighted by atomic mass is 32.2. The number of amides is 1. The molecule has 0 radical (unpaired) electrons. The summed E-state index contributed by atoms with van der Waals surface area (Å²) in [4.78, 5) is 26.8. The summed E-state index contributed by atoms with van der Waals surface area (Å²) in [5, 5.41) is 12.6. The number of hydrogen-bond acceptors (Lipinski definition) is 8. The number of anilines is 1. The molecule has 1 N–H and O–H groups in total. The smallest absolute Gasteiger partial charge is 0.341 e. The van der Waals surface area contributed by atoms with Gasteiger partial charge in [-0.05, 0) is 82.2 Å². The monoisotopic (exact) mass is 528 g/mol. The molecule has 0 saturated heterocycles. The largest absolute Gasteiger partial charge is 0.486 e. The number of nitrogens with one attached hydrogen (secondary N) is 1. The lowest BCUT2D eigenvalue weighted by Gasteiger charge is -2.14. The van der Waals surface area contributed by atoms with Crippen molar-refractivity contribution < 1.29 is 19.1 Å². The van der Waals surface area contributed by atoms with Gasteiger partial charge in [0, 0.05) is 11.9 Å². The van der Waals surface area contributed by atoms with E-state index in [9.17, 15) is 9.59 Å². The number of thiophene rings is 1. The first kappa shape index (κ1) is 26.2. The summed E-state index contributed by atoms with van der Waals surface area (Å²) in [5.41, 5.74) is 3.93. The summed E-state index contributed by atoms with van der Waals surface area (Å²) in [6.07, 6.45) is 3.68. The van der Waals surface area contributed by atoms with Crippen molar-refractivity contribution in [3.05, 3.63) is 51.2 Å². The average molecular weight is 529 g/mol. The number of ether oxygens (including phenoxy) is 2. The van der Waals surface area contributed by atoms with Crippen LogP contribution in [0.2, 0.25) is 0 Å². The molecule has 0 aliphatic heterocycles. The Bertz CT molecular complexity index is 1270. The molecular weight excluding hydrogens is 496 g/mol. The maximum absolute atomic E-state index is 12.8. The second-order valence-electron chi connectivity index (χ2n) is 9.20. The molecule has 192 valence electrons. The van der Waals surface area contributed by atoms with Crippen LogP contribution in [0.15, 0.2) is 23.4 Å². The number of benzene rings is 1. The first-order chi connectivity index (χ1) is 17.2. The molecule has 0 spiro atoms. The van der Waals surface area contributed by atoms with Crippen molar-refractivity contribution in [1.29, 1.82) is 0 Å². The Labute approximate surface area is 219 Å². The Morgan fingerprint density at radius 3 is 2.69 bits per heavy atom. The molecule has 2 heterocycles. The van der Waals surface area contributed by atoms with Gasteiger partial charge in [-0.15, -0.1) is 21.5 Å². The van der Waals surface area contributed by atoms with Crippen LogP contribution in [0.5, 0.6) is 5.75 Å². The molecule has 0 saturated carbocycles.